The number of rotatable bonds is 6. The van der Waals surface area contributed by atoms with E-state index < -0.39 is 23.0 Å². The second kappa shape index (κ2) is 6.11. The van der Waals surface area contributed by atoms with Crippen molar-refractivity contribution in [3.05, 3.63) is 11.7 Å². The molecule has 0 bridgehead atoms. The fourth-order valence-electron chi connectivity index (χ4n) is 1.48. The highest BCUT2D eigenvalue weighted by atomic mass is 16.5. The van der Waals surface area contributed by atoms with E-state index in [-0.39, 0.29) is 0 Å². The van der Waals surface area contributed by atoms with Gasteiger partial charge < -0.3 is 20.3 Å². The normalized spacial score (nSPS) is 12.0. The molecule has 118 valence electrons. The Kier molecular flexibility index (Phi) is 4.93. The van der Waals surface area contributed by atoms with Crippen LogP contribution in [0.5, 0.6) is 0 Å². The van der Waals surface area contributed by atoms with Crippen LogP contribution in [0.25, 0.3) is 0 Å². The van der Waals surface area contributed by atoms with Crippen molar-refractivity contribution >= 4 is 12.0 Å². The Morgan fingerprint density at radius 2 is 1.90 bits per heavy atom. The maximum absolute atomic E-state index is 11.8. The zero-order valence-corrected chi connectivity index (χ0v) is 13.0. The lowest BCUT2D eigenvalue weighted by atomic mass is 9.74. The highest BCUT2D eigenvalue weighted by Crippen LogP contribution is 2.30. The Balaban J connectivity index is 2.48. The van der Waals surface area contributed by atoms with Crippen LogP contribution >= 0.6 is 0 Å². The highest BCUT2D eigenvalue weighted by Gasteiger charge is 2.44. The number of nitrogens with zero attached hydrogens (tertiary/aromatic N) is 2. The number of aromatic nitrogens is 2. The monoisotopic (exact) mass is 298 g/mol. The van der Waals surface area contributed by atoms with E-state index in [1.165, 1.54) is 0 Å². The lowest BCUT2D eigenvalue weighted by molar-refractivity contribution is -0.150. The molecule has 1 aromatic heterocycles. The van der Waals surface area contributed by atoms with E-state index in [1.54, 1.807) is 34.6 Å². The Morgan fingerprint density at radius 1 is 1.29 bits per heavy atom. The third-order valence-corrected chi connectivity index (χ3v) is 3.72. The molecular weight excluding hydrogens is 276 g/mol. The van der Waals surface area contributed by atoms with Crippen LogP contribution in [0.2, 0.25) is 0 Å². The topological polar surface area (TPSA) is 117 Å². The van der Waals surface area contributed by atoms with Gasteiger partial charge in [-0.3, -0.25) is 4.79 Å². The van der Waals surface area contributed by atoms with Crippen LogP contribution in [0.4, 0.5) is 4.79 Å². The van der Waals surface area contributed by atoms with E-state index in [4.69, 9.17) is 4.52 Å². The van der Waals surface area contributed by atoms with Gasteiger partial charge in [0.25, 0.3) is 0 Å². The van der Waals surface area contributed by atoms with Gasteiger partial charge in [0, 0.05) is 13.0 Å². The summed E-state index contributed by atoms with van der Waals surface area (Å²) in [6.07, 6.45) is 0.414. The first kappa shape index (κ1) is 16.9. The minimum atomic E-state index is -1.10. The number of carbonyl (C=O) groups is 2. The van der Waals surface area contributed by atoms with Crippen molar-refractivity contribution in [2.45, 2.75) is 46.6 Å². The lowest BCUT2D eigenvalue weighted by Gasteiger charge is -2.38. The van der Waals surface area contributed by atoms with Gasteiger partial charge in [0.2, 0.25) is 5.89 Å². The van der Waals surface area contributed by atoms with Crippen molar-refractivity contribution in [3.63, 3.8) is 0 Å². The Bertz CT molecular complexity index is 522. The number of carboxylic acid groups (broad SMARTS) is 1. The maximum Gasteiger partial charge on any atom is 0.315 e. The predicted molar refractivity (Wildman–Crippen MR) is 74.8 cm³/mol. The van der Waals surface area contributed by atoms with Crippen molar-refractivity contribution in [2.24, 2.45) is 5.41 Å². The largest absolute Gasteiger partial charge is 0.481 e. The summed E-state index contributed by atoms with van der Waals surface area (Å²) < 4.78 is 4.92. The van der Waals surface area contributed by atoms with Crippen molar-refractivity contribution in [1.29, 1.82) is 0 Å². The smallest absolute Gasteiger partial charge is 0.315 e. The molecule has 1 rings (SSSR count). The standard InChI is InChI=1S/C13H22N4O4/c1-8-15-9(21-17-8)6-7-14-11(20)16-13(4,5)12(2,3)10(18)19/h6-7H2,1-5H3,(H,18,19)(H2,14,16,20). The average Bonchev–Trinajstić information content (AvgIpc) is 2.73. The molecular formula is C13H22N4O4. The summed E-state index contributed by atoms with van der Waals surface area (Å²) in [5.74, 6) is 0.00542. The first-order valence-electron chi connectivity index (χ1n) is 6.65. The van der Waals surface area contributed by atoms with Gasteiger partial charge in [-0.1, -0.05) is 5.16 Å². The molecule has 0 aromatic carbocycles. The molecule has 2 amide bonds. The zero-order chi connectivity index (χ0) is 16.3. The number of carboxylic acids is 1. The molecule has 0 aliphatic rings. The van der Waals surface area contributed by atoms with Crippen LogP contribution in [0.3, 0.4) is 0 Å². The molecule has 0 saturated carbocycles. The molecule has 0 aliphatic heterocycles. The first-order valence-corrected chi connectivity index (χ1v) is 6.65. The number of nitrogens with one attached hydrogen (secondary N) is 2. The summed E-state index contributed by atoms with van der Waals surface area (Å²) in [6, 6.07) is -0.439. The summed E-state index contributed by atoms with van der Waals surface area (Å²) in [5, 5.41) is 18.2. The summed E-state index contributed by atoms with van der Waals surface area (Å²) >= 11 is 0. The van der Waals surface area contributed by atoms with Crippen molar-refractivity contribution in [3.8, 4) is 0 Å². The maximum atomic E-state index is 11.8. The fraction of sp³-hybridized carbons (Fsp3) is 0.692. The van der Waals surface area contributed by atoms with Gasteiger partial charge in [0.1, 0.15) is 0 Å². The van der Waals surface area contributed by atoms with E-state index in [0.29, 0.717) is 24.7 Å². The summed E-state index contributed by atoms with van der Waals surface area (Å²) in [4.78, 5) is 27.1. The van der Waals surface area contributed by atoms with Gasteiger partial charge in [-0.25, -0.2) is 4.79 Å². The number of aryl methyl sites for hydroxylation is 1. The SMILES string of the molecule is Cc1noc(CCNC(=O)NC(C)(C)C(C)(C)C(=O)O)n1. The molecule has 8 heteroatoms. The third-order valence-electron chi connectivity index (χ3n) is 3.72. The fourth-order valence-corrected chi connectivity index (χ4v) is 1.48. The molecule has 1 heterocycles. The van der Waals surface area contributed by atoms with Gasteiger partial charge in [-0.15, -0.1) is 0 Å². The number of amides is 2. The van der Waals surface area contributed by atoms with Crippen LogP contribution < -0.4 is 10.6 Å². The van der Waals surface area contributed by atoms with Crippen molar-refractivity contribution < 1.29 is 19.2 Å². The van der Waals surface area contributed by atoms with Crippen molar-refractivity contribution in [1.82, 2.24) is 20.8 Å². The molecule has 0 spiro atoms. The van der Waals surface area contributed by atoms with Crippen LogP contribution in [0, 0.1) is 12.3 Å². The number of carbonyl (C=O) groups excluding carboxylic acids is 1. The minimum Gasteiger partial charge on any atom is -0.481 e. The molecule has 0 radical (unpaired) electrons. The van der Waals surface area contributed by atoms with Gasteiger partial charge >= 0.3 is 12.0 Å². The molecule has 0 aliphatic carbocycles. The molecule has 21 heavy (non-hydrogen) atoms. The first-order chi connectivity index (χ1) is 9.56. The Morgan fingerprint density at radius 3 is 2.38 bits per heavy atom. The van der Waals surface area contributed by atoms with E-state index >= 15 is 0 Å². The van der Waals surface area contributed by atoms with E-state index in [2.05, 4.69) is 20.8 Å². The second-order valence-electron chi connectivity index (χ2n) is 5.92. The molecule has 0 atom stereocenters. The number of hydrogen-bond donors (Lipinski definition) is 3. The van der Waals surface area contributed by atoms with Gasteiger partial charge in [-0.05, 0) is 34.6 Å². The Hall–Kier alpha value is -2.12. The van der Waals surface area contributed by atoms with E-state index in [9.17, 15) is 14.7 Å². The molecule has 3 N–H and O–H groups in total. The number of urea groups is 1. The van der Waals surface area contributed by atoms with Crippen LogP contribution in [-0.4, -0.2) is 39.3 Å². The summed E-state index contributed by atoms with van der Waals surface area (Å²) in [7, 11) is 0. The summed E-state index contributed by atoms with van der Waals surface area (Å²) in [5.41, 5.74) is -2.02. The van der Waals surface area contributed by atoms with Crippen LogP contribution in [0.15, 0.2) is 4.52 Å². The third kappa shape index (κ3) is 4.17. The number of hydrogen-bond acceptors (Lipinski definition) is 5. The van der Waals surface area contributed by atoms with Gasteiger partial charge in [0.05, 0.1) is 11.0 Å². The van der Waals surface area contributed by atoms with Crippen LogP contribution in [-0.2, 0) is 11.2 Å². The average molecular weight is 298 g/mol. The van der Waals surface area contributed by atoms with Crippen LogP contribution in [0.1, 0.15) is 39.4 Å². The predicted octanol–water partition coefficient (Wildman–Crippen LogP) is 1.11. The molecule has 0 fully saturated rings. The zero-order valence-electron chi connectivity index (χ0n) is 13.0. The highest BCUT2D eigenvalue weighted by molar-refractivity contribution is 5.79. The lowest BCUT2D eigenvalue weighted by Crippen LogP contribution is -2.59. The van der Waals surface area contributed by atoms with E-state index in [1.807, 2.05) is 0 Å². The molecule has 8 nitrogen and oxygen atoms in total. The Labute approximate surface area is 123 Å². The molecule has 0 unspecified atom stereocenters. The number of aliphatic carboxylic acids is 1. The quantitative estimate of drug-likeness (QED) is 0.724. The van der Waals surface area contributed by atoms with Crippen molar-refractivity contribution in [2.75, 3.05) is 6.54 Å². The van der Waals surface area contributed by atoms with Gasteiger partial charge in [0.15, 0.2) is 5.82 Å². The van der Waals surface area contributed by atoms with Gasteiger partial charge in [-0.2, -0.15) is 4.98 Å². The second-order valence-corrected chi connectivity index (χ2v) is 5.92. The summed E-state index contributed by atoms with van der Waals surface area (Å²) in [6.45, 7) is 8.50. The van der Waals surface area contributed by atoms with E-state index in [0.717, 1.165) is 0 Å². The minimum absolute atomic E-state index is 0.317. The molecule has 0 saturated heterocycles. The molecule has 1 aromatic rings.